The highest BCUT2D eigenvalue weighted by Gasteiger charge is 2.34. The molecule has 1 heterocycles. The molecule has 1 aromatic heterocycles. The van der Waals surface area contributed by atoms with E-state index in [1.54, 1.807) is 6.92 Å². The van der Waals surface area contributed by atoms with Gasteiger partial charge in [0.05, 0.1) is 0 Å². The summed E-state index contributed by atoms with van der Waals surface area (Å²) >= 11 is 0. The number of aliphatic carboxylic acids is 1. The number of aryl methyl sites for hydroxylation is 1. The Hall–Kier alpha value is -2.18. The molecule has 0 aliphatic heterocycles. The summed E-state index contributed by atoms with van der Waals surface area (Å²) in [5, 5.41) is 15.6. The molecule has 1 atom stereocenters. The van der Waals surface area contributed by atoms with Crippen LogP contribution in [0, 0.1) is 0 Å². The fourth-order valence-electron chi connectivity index (χ4n) is 1.83. The van der Waals surface area contributed by atoms with Gasteiger partial charge in [0.25, 0.3) is 11.5 Å². The molecule has 0 aliphatic carbocycles. The minimum Gasteiger partial charge on any atom is -0.480 e. The fraction of sp³-hybridized carbons (Fsp3) is 0.538. The van der Waals surface area contributed by atoms with Gasteiger partial charge in [0.2, 0.25) is 0 Å². The highest BCUT2D eigenvalue weighted by atomic mass is 16.4. The lowest BCUT2D eigenvalue weighted by Gasteiger charge is -2.25. The largest absolute Gasteiger partial charge is 0.480 e. The van der Waals surface area contributed by atoms with E-state index in [1.807, 2.05) is 6.92 Å². The zero-order valence-electron chi connectivity index (χ0n) is 11.8. The number of carboxylic acids is 1. The van der Waals surface area contributed by atoms with Gasteiger partial charge in [0.1, 0.15) is 11.2 Å². The van der Waals surface area contributed by atoms with Gasteiger partial charge in [0.15, 0.2) is 0 Å². The molecule has 7 heteroatoms. The van der Waals surface area contributed by atoms with E-state index < -0.39 is 17.4 Å². The van der Waals surface area contributed by atoms with E-state index in [-0.39, 0.29) is 11.3 Å². The Balaban J connectivity index is 3.01. The number of carbonyl (C=O) groups is 2. The first-order chi connectivity index (χ1) is 9.34. The van der Waals surface area contributed by atoms with Crippen LogP contribution in [-0.4, -0.2) is 32.3 Å². The summed E-state index contributed by atoms with van der Waals surface area (Å²) in [6, 6.07) is 2.53. The molecule has 20 heavy (non-hydrogen) atoms. The summed E-state index contributed by atoms with van der Waals surface area (Å²) < 4.78 is 1.15. The molecule has 2 N–H and O–H groups in total. The molecule has 0 radical (unpaired) electrons. The predicted octanol–water partition coefficient (Wildman–Crippen LogP) is 0.636. The maximum Gasteiger partial charge on any atom is 0.329 e. The second kappa shape index (κ2) is 6.31. The van der Waals surface area contributed by atoms with Gasteiger partial charge >= 0.3 is 5.97 Å². The molecular formula is C13H19N3O4. The van der Waals surface area contributed by atoms with Crippen molar-refractivity contribution >= 4 is 11.9 Å². The monoisotopic (exact) mass is 281 g/mol. The number of nitrogens with zero attached hydrogens (tertiary/aromatic N) is 2. The lowest BCUT2D eigenvalue weighted by atomic mass is 9.96. The highest BCUT2D eigenvalue weighted by Crippen LogP contribution is 2.13. The van der Waals surface area contributed by atoms with E-state index in [0.29, 0.717) is 19.4 Å². The second-order valence-electron chi connectivity index (χ2n) is 4.71. The van der Waals surface area contributed by atoms with E-state index in [9.17, 15) is 19.5 Å². The van der Waals surface area contributed by atoms with Gasteiger partial charge in [-0.3, -0.25) is 9.59 Å². The normalized spacial score (nSPS) is 13.6. The Kier molecular flexibility index (Phi) is 5.01. The zero-order valence-corrected chi connectivity index (χ0v) is 11.8. The van der Waals surface area contributed by atoms with Crippen molar-refractivity contribution in [2.75, 3.05) is 0 Å². The van der Waals surface area contributed by atoms with Crippen molar-refractivity contribution in [2.24, 2.45) is 0 Å². The average molecular weight is 281 g/mol. The average Bonchev–Trinajstić information content (AvgIpc) is 2.39. The van der Waals surface area contributed by atoms with Crippen LogP contribution < -0.4 is 10.9 Å². The third-order valence-corrected chi connectivity index (χ3v) is 3.01. The standard InChI is InChI=1S/C13H19N3O4/c1-4-8-13(3,12(19)20)14-11(18)9-6-7-10(17)16(5-2)15-9/h6-7H,4-5,8H2,1-3H3,(H,14,18)(H,19,20)/t13-/m1/s1. The number of amides is 1. The van der Waals surface area contributed by atoms with Crippen molar-refractivity contribution in [3.63, 3.8) is 0 Å². The van der Waals surface area contributed by atoms with Crippen LogP contribution in [0.4, 0.5) is 0 Å². The lowest BCUT2D eigenvalue weighted by Crippen LogP contribution is -2.52. The first-order valence-corrected chi connectivity index (χ1v) is 6.48. The van der Waals surface area contributed by atoms with Crippen LogP contribution in [-0.2, 0) is 11.3 Å². The van der Waals surface area contributed by atoms with Crippen molar-refractivity contribution < 1.29 is 14.7 Å². The van der Waals surface area contributed by atoms with Gasteiger partial charge in [-0.2, -0.15) is 5.10 Å². The minimum absolute atomic E-state index is 0.0232. The maximum absolute atomic E-state index is 12.1. The molecular weight excluding hydrogens is 262 g/mol. The van der Waals surface area contributed by atoms with Crippen molar-refractivity contribution in [2.45, 2.75) is 45.7 Å². The smallest absolute Gasteiger partial charge is 0.329 e. The van der Waals surface area contributed by atoms with Crippen LogP contribution >= 0.6 is 0 Å². The number of rotatable bonds is 6. The number of hydrogen-bond donors (Lipinski definition) is 2. The van der Waals surface area contributed by atoms with Crippen molar-refractivity contribution in [1.29, 1.82) is 0 Å². The quantitative estimate of drug-likeness (QED) is 0.796. The molecule has 0 aromatic carbocycles. The topological polar surface area (TPSA) is 101 Å². The number of hydrogen-bond acceptors (Lipinski definition) is 4. The molecule has 0 aliphatic rings. The van der Waals surface area contributed by atoms with Gasteiger partial charge in [-0.05, 0) is 26.3 Å². The lowest BCUT2D eigenvalue weighted by molar-refractivity contribution is -0.144. The molecule has 1 rings (SSSR count). The zero-order chi connectivity index (χ0) is 15.3. The van der Waals surface area contributed by atoms with Gasteiger partial charge in [-0.1, -0.05) is 13.3 Å². The van der Waals surface area contributed by atoms with Crippen LogP contribution in [0.15, 0.2) is 16.9 Å². The molecule has 0 unspecified atom stereocenters. The Bertz CT molecular complexity index is 567. The summed E-state index contributed by atoms with van der Waals surface area (Å²) in [5.41, 5.74) is -1.63. The Morgan fingerprint density at radius 2 is 2.05 bits per heavy atom. The molecule has 0 bridgehead atoms. The van der Waals surface area contributed by atoms with Gasteiger partial charge in [-0.15, -0.1) is 0 Å². The fourth-order valence-corrected chi connectivity index (χ4v) is 1.83. The molecule has 1 amide bonds. The molecule has 0 fully saturated rings. The Morgan fingerprint density at radius 3 is 2.55 bits per heavy atom. The summed E-state index contributed by atoms with van der Waals surface area (Å²) in [5.74, 6) is -1.71. The summed E-state index contributed by atoms with van der Waals surface area (Å²) in [4.78, 5) is 34.7. The Labute approximate surface area is 116 Å². The third-order valence-electron chi connectivity index (χ3n) is 3.01. The summed E-state index contributed by atoms with van der Waals surface area (Å²) in [7, 11) is 0. The Morgan fingerprint density at radius 1 is 1.40 bits per heavy atom. The molecule has 0 saturated carbocycles. The molecule has 0 saturated heterocycles. The van der Waals surface area contributed by atoms with Crippen LogP contribution in [0.5, 0.6) is 0 Å². The van der Waals surface area contributed by atoms with E-state index in [0.717, 1.165) is 4.68 Å². The van der Waals surface area contributed by atoms with Crippen molar-refractivity contribution in [1.82, 2.24) is 15.1 Å². The minimum atomic E-state index is -1.35. The van der Waals surface area contributed by atoms with Gasteiger partial charge in [-0.25, -0.2) is 9.48 Å². The van der Waals surface area contributed by atoms with E-state index >= 15 is 0 Å². The molecule has 7 nitrogen and oxygen atoms in total. The van der Waals surface area contributed by atoms with E-state index in [4.69, 9.17) is 0 Å². The third kappa shape index (κ3) is 3.43. The maximum atomic E-state index is 12.1. The summed E-state index contributed by atoms with van der Waals surface area (Å²) in [6.07, 6.45) is 0.923. The summed E-state index contributed by atoms with van der Waals surface area (Å²) in [6.45, 7) is 5.36. The predicted molar refractivity (Wildman–Crippen MR) is 72.6 cm³/mol. The molecule has 110 valence electrons. The van der Waals surface area contributed by atoms with Crippen molar-refractivity contribution in [3.05, 3.63) is 28.2 Å². The van der Waals surface area contributed by atoms with Crippen LogP contribution in [0.2, 0.25) is 0 Å². The van der Waals surface area contributed by atoms with Crippen LogP contribution in [0.25, 0.3) is 0 Å². The van der Waals surface area contributed by atoms with Crippen LogP contribution in [0.1, 0.15) is 44.1 Å². The van der Waals surface area contributed by atoms with Crippen molar-refractivity contribution in [3.8, 4) is 0 Å². The van der Waals surface area contributed by atoms with Crippen LogP contribution in [0.3, 0.4) is 0 Å². The number of carboxylic acid groups (broad SMARTS) is 1. The van der Waals surface area contributed by atoms with Gasteiger partial charge in [0, 0.05) is 12.6 Å². The number of aromatic nitrogens is 2. The number of carbonyl (C=O) groups excluding carboxylic acids is 1. The first kappa shape index (κ1) is 15.9. The van der Waals surface area contributed by atoms with E-state index in [1.165, 1.54) is 19.1 Å². The highest BCUT2D eigenvalue weighted by molar-refractivity contribution is 5.96. The SMILES string of the molecule is CCC[C@@](C)(NC(=O)c1ccc(=O)n(CC)n1)C(=O)O. The molecule has 1 aromatic rings. The second-order valence-corrected chi connectivity index (χ2v) is 4.71. The first-order valence-electron chi connectivity index (χ1n) is 6.48. The number of nitrogens with one attached hydrogen (secondary N) is 1. The van der Waals surface area contributed by atoms with Gasteiger partial charge < -0.3 is 10.4 Å². The van der Waals surface area contributed by atoms with E-state index in [2.05, 4.69) is 10.4 Å². The molecule has 0 spiro atoms.